The molecule has 4 aromatic rings. The fourth-order valence-electron chi connectivity index (χ4n) is 2.76. The zero-order valence-corrected chi connectivity index (χ0v) is 18.6. The molecule has 2 heterocycles. The molecule has 29 heavy (non-hydrogen) atoms. The topological polar surface area (TPSA) is 54.9 Å². The van der Waals surface area contributed by atoms with Gasteiger partial charge in [-0.05, 0) is 35.9 Å². The number of nitrogens with one attached hydrogen (secondary N) is 1. The molecule has 0 unspecified atom stereocenters. The Labute approximate surface area is 190 Å². The minimum atomic E-state index is -0.177. The van der Waals surface area contributed by atoms with Crippen LogP contribution >= 0.6 is 57.9 Å². The molecule has 0 aliphatic rings. The van der Waals surface area contributed by atoms with Crippen LogP contribution in [-0.4, -0.2) is 21.6 Å². The molecule has 0 atom stereocenters. The quantitative estimate of drug-likeness (QED) is 0.246. The standard InChI is InChI=1S/C20H12Cl3N3OS2/c21-12-3-1-11(2-4-12)16-8-28-19-18(16)20(25-10-24-19)29-9-17(27)26-15-6-13(22)5-14(23)7-15/h1-8,10H,9H2,(H,26,27). The van der Waals surface area contributed by atoms with Gasteiger partial charge in [-0.1, -0.05) is 58.7 Å². The van der Waals surface area contributed by atoms with Gasteiger partial charge in [0.15, 0.2) is 0 Å². The van der Waals surface area contributed by atoms with Crippen molar-refractivity contribution in [3.63, 3.8) is 0 Å². The molecule has 0 spiro atoms. The van der Waals surface area contributed by atoms with Crippen molar-refractivity contribution in [3.8, 4) is 11.1 Å². The number of thioether (sulfide) groups is 1. The fraction of sp³-hybridized carbons (Fsp3) is 0.0500. The molecule has 0 saturated heterocycles. The van der Waals surface area contributed by atoms with Crippen molar-refractivity contribution in [3.05, 3.63) is 69.2 Å². The first-order chi connectivity index (χ1) is 14.0. The molecule has 0 saturated carbocycles. The minimum absolute atomic E-state index is 0.177. The lowest BCUT2D eigenvalue weighted by molar-refractivity contribution is -0.113. The number of anilines is 1. The fourth-order valence-corrected chi connectivity index (χ4v) is 5.20. The van der Waals surface area contributed by atoms with Crippen LogP contribution in [0.5, 0.6) is 0 Å². The molecule has 2 aromatic carbocycles. The van der Waals surface area contributed by atoms with E-state index in [0.717, 1.165) is 26.4 Å². The average molecular weight is 481 g/mol. The van der Waals surface area contributed by atoms with E-state index in [-0.39, 0.29) is 11.7 Å². The van der Waals surface area contributed by atoms with Crippen LogP contribution in [0.1, 0.15) is 0 Å². The first kappa shape index (κ1) is 20.4. The van der Waals surface area contributed by atoms with Crippen molar-refractivity contribution < 1.29 is 4.79 Å². The Morgan fingerprint density at radius 3 is 2.45 bits per heavy atom. The second-order valence-electron chi connectivity index (χ2n) is 6.01. The zero-order chi connectivity index (χ0) is 20.4. The van der Waals surface area contributed by atoms with Crippen LogP contribution in [0, 0.1) is 0 Å². The van der Waals surface area contributed by atoms with E-state index < -0.39 is 0 Å². The van der Waals surface area contributed by atoms with Gasteiger partial charge in [-0.3, -0.25) is 4.79 Å². The highest BCUT2D eigenvalue weighted by Crippen LogP contribution is 2.38. The van der Waals surface area contributed by atoms with Crippen LogP contribution in [0.25, 0.3) is 21.3 Å². The average Bonchev–Trinajstić information content (AvgIpc) is 3.11. The van der Waals surface area contributed by atoms with Gasteiger partial charge < -0.3 is 5.32 Å². The number of nitrogens with zero attached hydrogens (tertiary/aromatic N) is 2. The molecule has 146 valence electrons. The maximum Gasteiger partial charge on any atom is 0.234 e. The van der Waals surface area contributed by atoms with Gasteiger partial charge in [-0.25, -0.2) is 9.97 Å². The number of hydrogen-bond donors (Lipinski definition) is 1. The predicted molar refractivity (Wildman–Crippen MR) is 124 cm³/mol. The Morgan fingerprint density at radius 2 is 1.72 bits per heavy atom. The van der Waals surface area contributed by atoms with Gasteiger partial charge in [-0.2, -0.15) is 0 Å². The van der Waals surface area contributed by atoms with Crippen molar-refractivity contribution in [1.82, 2.24) is 9.97 Å². The van der Waals surface area contributed by atoms with E-state index in [4.69, 9.17) is 34.8 Å². The lowest BCUT2D eigenvalue weighted by atomic mass is 10.1. The highest BCUT2D eigenvalue weighted by atomic mass is 35.5. The number of benzene rings is 2. The van der Waals surface area contributed by atoms with E-state index in [2.05, 4.69) is 15.3 Å². The number of carbonyl (C=O) groups excluding carboxylic acids is 1. The minimum Gasteiger partial charge on any atom is -0.325 e. The monoisotopic (exact) mass is 479 g/mol. The van der Waals surface area contributed by atoms with Crippen LogP contribution in [0.2, 0.25) is 15.1 Å². The molecule has 0 fully saturated rings. The third kappa shape index (κ3) is 4.85. The smallest absolute Gasteiger partial charge is 0.234 e. The van der Waals surface area contributed by atoms with Gasteiger partial charge in [0.05, 0.1) is 11.1 Å². The van der Waals surface area contributed by atoms with Gasteiger partial charge in [0, 0.05) is 31.7 Å². The third-order valence-corrected chi connectivity index (χ3v) is 6.54. The van der Waals surface area contributed by atoms with Crippen molar-refractivity contribution in [2.75, 3.05) is 11.1 Å². The zero-order valence-electron chi connectivity index (χ0n) is 14.7. The molecule has 4 rings (SSSR count). The highest BCUT2D eigenvalue weighted by molar-refractivity contribution is 8.00. The van der Waals surface area contributed by atoms with E-state index in [9.17, 15) is 4.79 Å². The first-order valence-corrected chi connectivity index (χ1v) is 11.4. The third-order valence-electron chi connectivity index (χ3n) is 3.98. The molecule has 1 amide bonds. The Balaban J connectivity index is 1.55. The van der Waals surface area contributed by atoms with Gasteiger partial charge in [0.2, 0.25) is 5.91 Å². The summed E-state index contributed by atoms with van der Waals surface area (Å²) in [6, 6.07) is 12.5. The molecule has 4 nitrogen and oxygen atoms in total. The van der Waals surface area contributed by atoms with E-state index >= 15 is 0 Å². The normalized spacial score (nSPS) is 11.0. The molecule has 1 N–H and O–H groups in total. The maximum absolute atomic E-state index is 12.4. The number of aromatic nitrogens is 2. The Kier molecular flexibility index (Phi) is 6.27. The number of hydrogen-bond acceptors (Lipinski definition) is 5. The number of thiophene rings is 1. The van der Waals surface area contributed by atoms with Crippen LogP contribution in [0.4, 0.5) is 5.69 Å². The molecule has 0 aliphatic carbocycles. The molecule has 0 radical (unpaired) electrons. The summed E-state index contributed by atoms with van der Waals surface area (Å²) in [6.07, 6.45) is 1.52. The highest BCUT2D eigenvalue weighted by Gasteiger charge is 2.15. The molecule has 0 aliphatic heterocycles. The number of amides is 1. The number of rotatable bonds is 5. The van der Waals surface area contributed by atoms with Gasteiger partial charge in [-0.15, -0.1) is 11.3 Å². The summed E-state index contributed by atoms with van der Waals surface area (Å²) in [5.41, 5.74) is 2.60. The maximum atomic E-state index is 12.4. The number of halogens is 3. The SMILES string of the molecule is O=C(CSc1ncnc2scc(-c3ccc(Cl)cc3)c12)Nc1cc(Cl)cc(Cl)c1. The second-order valence-corrected chi connectivity index (χ2v) is 9.14. The molecular formula is C20H12Cl3N3OS2. The van der Waals surface area contributed by atoms with Crippen molar-refractivity contribution >= 4 is 79.7 Å². The molecular weight excluding hydrogens is 469 g/mol. The summed E-state index contributed by atoms with van der Waals surface area (Å²) >= 11 is 20.9. The summed E-state index contributed by atoms with van der Waals surface area (Å²) < 4.78 is 0. The summed E-state index contributed by atoms with van der Waals surface area (Å²) in [5, 5.41) is 8.13. The van der Waals surface area contributed by atoms with Crippen LogP contribution in [-0.2, 0) is 4.79 Å². The Bertz CT molecular complexity index is 1180. The van der Waals surface area contributed by atoms with Crippen molar-refractivity contribution in [2.45, 2.75) is 5.03 Å². The summed E-state index contributed by atoms with van der Waals surface area (Å²) in [7, 11) is 0. The lowest BCUT2D eigenvalue weighted by Crippen LogP contribution is -2.14. The van der Waals surface area contributed by atoms with E-state index in [1.807, 2.05) is 29.6 Å². The van der Waals surface area contributed by atoms with Gasteiger partial charge in [0.25, 0.3) is 0 Å². The second kappa shape index (κ2) is 8.90. The molecule has 0 bridgehead atoms. The van der Waals surface area contributed by atoms with E-state index in [1.54, 1.807) is 18.2 Å². The molecule has 2 aromatic heterocycles. The van der Waals surface area contributed by atoms with Crippen molar-refractivity contribution in [2.24, 2.45) is 0 Å². The Morgan fingerprint density at radius 1 is 1.00 bits per heavy atom. The number of carbonyl (C=O) groups is 1. The van der Waals surface area contributed by atoms with Crippen LogP contribution < -0.4 is 5.32 Å². The first-order valence-electron chi connectivity index (χ1n) is 8.36. The Hall–Kier alpha value is -1.83. The largest absolute Gasteiger partial charge is 0.325 e. The van der Waals surface area contributed by atoms with Gasteiger partial charge >= 0.3 is 0 Å². The summed E-state index contributed by atoms with van der Waals surface area (Å²) in [5.74, 6) is 0.00922. The van der Waals surface area contributed by atoms with Crippen LogP contribution in [0.15, 0.2) is 59.2 Å². The van der Waals surface area contributed by atoms with Gasteiger partial charge in [0.1, 0.15) is 16.2 Å². The van der Waals surface area contributed by atoms with E-state index in [0.29, 0.717) is 20.8 Å². The van der Waals surface area contributed by atoms with Crippen molar-refractivity contribution in [1.29, 1.82) is 0 Å². The predicted octanol–water partition coefficient (Wildman–Crippen LogP) is 7.05. The number of fused-ring (bicyclic) bond motifs is 1. The lowest BCUT2D eigenvalue weighted by Gasteiger charge is -2.07. The van der Waals surface area contributed by atoms with E-state index in [1.165, 1.54) is 29.4 Å². The summed E-state index contributed by atoms with van der Waals surface area (Å²) in [4.78, 5) is 22.0. The molecule has 9 heteroatoms. The summed E-state index contributed by atoms with van der Waals surface area (Å²) in [6.45, 7) is 0. The van der Waals surface area contributed by atoms with Crippen LogP contribution in [0.3, 0.4) is 0 Å².